The maximum Gasteiger partial charge on any atom is 0.247 e. The summed E-state index contributed by atoms with van der Waals surface area (Å²) in [7, 11) is -5.12. The van der Waals surface area contributed by atoms with E-state index < -0.39 is 20.8 Å². The molecule has 19 heavy (non-hydrogen) atoms. The van der Waals surface area contributed by atoms with Gasteiger partial charge in [0.1, 0.15) is 4.21 Å². The number of benzene rings is 1. The van der Waals surface area contributed by atoms with Gasteiger partial charge >= 0.3 is 0 Å². The molecule has 0 saturated carbocycles. The maximum atomic E-state index is 12.4. The second-order valence-corrected chi connectivity index (χ2v) is 8.70. The molecule has 1 atom stereocenters. The first kappa shape index (κ1) is 14.4. The molecule has 1 heterocycles. The van der Waals surface area contributed by atoms with Gasteiger partial charge in [-0.05, 0) is 43.2 Å². The van der Waals surface area contributed by atoms with Crippen LogP contribution in [-0.4, -0.2) is 12.6 Å². The van der Waals surface area contributed by atoms with E-state index in [0.29, 0.717) is 9.10 Å². The highest BCUT2D eigenvalue weighted by Gasteiger charge is 2.17. The molecule has 2 aromatic rings. The molecule has 0 bridgehead atoms. The van der Waals surface area contributed by atoms with E-state index in [4.69, 9.17) is 5.14 Å². The predicted molar refractivity (Wildman–Crippen MR) is 76.3 cm³/mol. The van der Waals surface area contributed by atoms with Crippen LogP contribution in [0.4, 0.5) is 0 Å². The number of hydrogen-bond donors (Lipinski definition) is 1. The van der Waals surface area contributed by atoms with E-state index in [0.717, 1.165) is 22.5 Å². The summed E-state index contributed by atoms with van der Waals surface area (Å²) in [5.74, 6) is 0. The van der Waals surface area contributed by atoms with Crippen molar-refractivity contribution in [3.8, 4) is 0 Å². The lowest BCUT2D eigenvalue weighted by Gasteiger charge is -2.05. The smallest absolute Gasteiger partial charge is 0.247 e. The maximum absolute atomic E-state index is 12.4. The van der Waals surface area contributed by atoms with Crippen LogP contribution in [0.15, 0.2) is 43.6 Å². The van der Waals surface area contributed by atoms with E-state index in [2.05, 4.69) is 0 Å². The molecule has 102 valence electrons. The van der Waals surface area contributed by atoms with E-state index in [-0.39, 0.29) is 4.21 Å². The standard InChI is InChI=1S/C12H13NO3S3/c1-8-3-4-9(2)10(7-8)18(14)11-5-6-12(17-11)19(13,15)16/h3-7H,1-2H3,(H2,13,15,16). The normalized spacial score (nSPS) is 13.4. The Labute approximate surface area is 118 Å². The van der Waals surface area contributed by atoms with Gasteiger partial charge in [0.15, 0.2) is 0 Å². The Morgan fingerprint density at radius 2 is 1.84 bits per heavy atom. The highest BCUT2D eigenvalue weighted by Crippen LogP contribution is 2.28. The highest BCUT2D eigenvalue weighted by atomic mass is 32.3. The summed E-state index contributed by atoms with van der Waals surface area (Å²) in [5.41, 5.74) is 1.92. The zero-order valence-corrected chi connectivity index (χ0v) is 12.9. The van der Waals surface area contributed by atoms with Gasteiger partial charge in [-0.25, -0.2) is 17.8 Å². The van der Waals surface area contributed by atoms with Crippen molar-refractivity contribution < 1.29 is 12.6 Å². The lowest BCUT2D eigenvalue weighted by Crippen LogP contribution is -2.09. The fourth-order valence-electron chi connectivity index (χ4n) is 1.57. The molecule has 0 aliphatic carbocycles. The topological polar surface area (TPSA) is 77.2 Å². The van der Waals surface area contributed by atoms with E-state index in [1.807, 2.05) is 32.0 Å². The molecule has 0 amide bonds. The average Bonchev–Trinajstić information content (AvgIpc) is 2.80. The molecule has 2 rings (SSSR count). The molecule has 7 heteroatoms. The van der Waals surface area contributed by atoms with Crippen LogP contribution in [0.5, 0.6) is 0 Å². The summed E-state index contributed by atoms with van der Waals surface area (Å²) in [6.45, 7) is 3.80. The van der Waals surface area contributed by atoms with Gasteiger partial charge in [-0.15, -0.1) is 11.3 Å². The van der Waals surface area contributed by atoms with Gasteiger partial charge in [-0.2, -0.15) is 0 Å². The summed E-state index contributed by atoms with van der Waals surface area (Å²) in [6, 6.07) is 8.62. The summed E-state index contributed by atoms with van der Waals surface area (Å²) < 4.78 is 35.4. The Morgan fingerprint density at radius 1 is 1.16 bits per heavy atom. The summed E-state index contributed by atoms with van der Waals surface area (Å²) in [6.07, 6.45) is 0. The molecular weight excluding hydrogens is 302 g/mol. The Morgan fingerprint density at radius 3 is 2.42 bits per heavy atom. The molecular formula is C12H13NO3S3. The molecule has 1 aromatic carbocycles. The minimum absolute atomic E-state index is 0.0288. The number of sulfonamides is 1. The van der Waals surface area contributed by atoms with Crippen LogP contribution in [0.2, 0.25) is 0 Å². The van der Waals surface area contributed by atoms with Crippen LogP contribution in [0.3, 0.4) is 0 Å². The van der Waals surface area contributed by atoms with Crippen molar-refractivity contribution in [2.24, 2.45) is 5.14 Å². The molecule has 0 radical (unpaired) electrons. The molecule has 0 aliphatic rings. The number of aryl methyl sites for hydroxylation is 2. The van der Waals surface area contributed by atoms with Crippen LogP contribution in [0, 0.1) is 13.8 Å². The largest absolute Gasteiger partial charge is 0.248 e. The molecule has 1 aromatic heterocycles. The Hall–Kier alpha value is -1.02. The molecule has 0 saturated heterocycles. The minimum atomic E-state index is -3.73. The summed E-state index contributed by atoms with van der Waals surface area (Å²) in [5, 5.41) is 5.05. The predicted octanol–water partition coefficient (Wildman–Crippen LogP) is 2.18. The van der Waals surface area contributed by atoms with Crippen molar-refractivity contribution in [2.75, 3.05) is 0 Å². The Balaban J connectivity index is 2.45. The van der Waals surface area contributed by atoms with E-state index in [1.54, 1.807) is 6.07 Å². The third-order valence-corrected chi connectivity index (χ3v) is 6.93. The lowest BCUT2D eigenvalue weighted by molar-refractivity contribution is 0.600. The zero-order chi connectivity index (χ0) is 14.2. The number of primary sulfonamides is 1. The van der Waals surface area contributed by atoms with Crippen LogP contribution in [0.1, 0.15) is 11.1 Å². The van der Waals surface area contributed by atoms with Crippen LogP contribution in [0.25, 0.3) is 0 Å². The Bertz CT molecular complexity index is 747. The molecule has 0 aliphatic heterocycles. The highest BCUT2D eigenvalue weighted by molar-refractivity contribution is 7.92. The van der Waals surface area contributed by atoms with Crippen LogP contribution in [-0.2, 0) is 20.8 Å². The second kappa shape index (κ2) is 5.16. The first-order valence-corrected chi connectivity index (χ1v) is 8.92. The quantitative estimate of drug-likeness (QED) is 0.943. The Kier molecular flexibility index (Phi) is 3.91. The van der Waals surface area contributed by atoms with Gasteiger partial charge < -0.3 is 0 Å². The van der Waals surface area contributed by atoms with Crippen LogP contribution < -0.4 is 5.14 Å². The number of thiophene rings is 1. The summed E-state index contributed by atoms with van der Waals surface area (Å²) in [4.78, 5) is 0.697. The van der Waals surface area contributed by atoms with Crippen molar-refractivity contribution >= 4 is 32.2 Å². The third-order valence-electron chi connectivity index (χ3n) is 2.56. The molecule has 2 N–H and O–H groups in total. The third kappa shape index (κ3) is 3.11. The number of rotatable bonds is 3. The fraction of sp³-hybridized carbons (Fsp3) is 0.167. The first-order chi connectivity index (χ1) is 8.79. The van der Waals surface area contributed by atoms with Gasteiger partial charge in [0.05, 0.1) is 15.0 Å². The summed E-state index contributed by atoms with van der Waals surface area (Å²) >= 11 is 0.944. The lowest BCUT2D eigenvalue weighted by atomic mass is 10.2. The monoisotopic (exact) mass is 315 g/mol. The van der Waals surface area contributed by atoms with Crippen molar-refractivity contribution in [3.63, 3.8) is 0 Å². The van der Waals surface area contributed by atoms with Gasteiger partial charge in [-0.1, -0.05) is 12.1 Å². The van der Waals surface area contributed by atoms with E-state index in [1.165, 1.54) is 6.07 Å². The average molecular weight is 315 g/mol. The fourth-order valence-corrected chi connectivity index (χ4v) is 5.09. The van der Waals surface area contributed by atoms with Crippen molar-refractivity contribution in [3.05, 3.63) is 41.5 Å². The molecule has 0 fully saturated rings. The zero-order valence-electron chi connectivity index (χ0n) is 10.4. The number of nitrogens with two attached hydrogens (primary N) is 1. The van der Waals surface area contributed by atoms with Crippen molar-refractivity contribution in [1.29, 1.82) is 0 Å². The van der Waals surface area contributed by atoms with E-state index in [9.17, 15) is 12.6 Å². The van der Waals surface area contributed by atoms with E-state index >= 15 is 0 Å². The second-order valence-electron chi connectivity index (χ2n) is 4.16. The number of hydrogen-bond acceptors (Lipinski definition) is 4. The van der Waals surface area contributed by atoms with Gasteiger partial charge in [0.25, 0.3) is 0 Å². The van der Waals surface area contributed by atoms with Crippen LogP contribution >= 0.6 is 11.3 Å². The molecule has 4 nitrogen and oxygen atoms in total. The van der Waals surface area contributed by atoms with Gasteiger partial charge in [0, 0.05) is 4.90 Å². The van der Waals surface area contributed by atoms with Gasteiger partial charge in [0.2, 0.25) is 10.0 Å². The minimum Gasteiger partial charge on any atom is -0.248 e. The van der Waals surface area contributed by atoms with Gasteiger partial charge in [-0.3, -0.25) is 0 Å². The molecule has 0 spiro atoms. The SMILES string of the molecule is Cc1ccc(C)c(S(=O)c2ccc(S(N)(=O)=O)s2)c1. The van der Waals surface area contributed by atoms with Crippen molar-refractivity contribution in [2.45, 2.75) is 27.2 Å². The van der Waals surface area contributed by atoms with Crippen molar-refractivity contribution in [1.82, 2.24) is 0 Å². The first-order valence-electron chi connectivity index (χ1n) is 5.41. The molecule has 1 unspecified atom stereocenters.